The van der Waals surface area contributed by atoms with Crippen molar-refractivity contribution in [3.8, 4) is 18.1 Å². The van der Waals surface area contributed by atoms with Gasteiger partial charge in [0.15, 0.2) is 5.60 Å². The Morgan fingerprint density at radius 1 is 1.54 bits per heavy atom. The Morgan fingerprint density at radius 2 is 2.23 bits per heavy atom. The minimum Gasteiger partial charge on any atom is -0.474 e. The third kappa shape index (κ3) is 3.08. The van der Waals surface area contributed by atoms with Gasteiger partial charge < -0.3 is 4.74 Å². The van der Waals surface area contributed by atoms with E-state index in [0.29, 0.717) is 5.75 Å². The first-order valence-electron chi connectivity index (χ1n) is 3.81. The molecule has 0 radical (unpaired) electrons. The molecule has 0 unspecified atom stereocenters. The molecule has 0 fully saturated rings. The first-order chi connectivity index (χ1) is 6.03. The van der Waals surface area contributed by atoms with Gasteiger partial charge in [-0.2, -0.15) is 0 Å². The van der Waals surface area contributed by atoms with Crippen molar-refractivity contribution in [1.82, 2.24) is 4.98 Å². The summed E-state index contributed by atoms with van der Waals surface area (Å²) < 4.78 is 6.38. The molecule has 68 valence electrons. The predicted molar refractivity (Wildman–Crippen MR) is 55.5 cm³/mol. The number of terminal acetylenes is 1. The number of ether oxygens (including phenoxy) is 1. The van der Waals surface area contributed by atoms with Crippen molar-refractivity contribution in [2.75, 3.05) is 0 Å². The average Bonchev–Trinajstić information content (AvgIpc) is 2.03. The van der Waals surface area contributed by atoms with Crippen LogP contribution in [-0.4, -0.2) is 10.6 Å². The van der Waals surface area contributed by atoms with Gasteiger partial charge in [-0.25, -0.2) is 0 Å². The van der Waals surface area contributed by atoms with Crippen LogP contribution >= 0.6 is 15.9 Å². The Bertz CT molecular complexity index is 341. The van der Waals surface area contributed by atoms with E-state index in [2.05, 4.69) is 26.8 Å². The van der Waals surface area contributed by atoms with Gasteiger partial charge in [0.25, 0.3) is 0 Å². The molecule has 0 aliphatic carbocycles. The van der Waals surface area contributed by atoms with Gasteiger partial charge in [0.05, 0.1) is 6.20 Å². The Kier molecular flexibility index (Phi) is 2.94. The van der Waals surface area contributed by atoms with E-state index in [0.717, 1.165) is 4.47 Å². The van der Waals surface area contributed by atoms with E-state index >= 15 is 0 Å². The molecule has 0 amide bonds. The monoisotopic (exact) mass is 239 g/mol. The number of nitrogens with zero attached hydrogens (tertiary/aromatic N) is 1. The van der Waals surface area contributed by atoms with Gasteiger partial charge in [-0.15, -0.1) is 6.42 Å². The molecule has 0 atom stereocenters. The van der Waals surface area contributed by atoms with Crippen LogP contribution in [0.25, 0.3) is 0 Å². The number of pyridine rings is 1. The summed E-state index contributed by atoms with van der Waals surface area (Å²) >= 11 is 3.30. The normalized spacial score (nSPS) is 10.6. The van der Waals surface area contributed by atoms with E-state index in [4.69, 9.17) is 11.2 Å². The molecule has 1 aromatic rings. The van der Waals surface area contributed by atoms with Gasteiger partial charge in [-0.1, -0.05) is 5.92 Å². The van der Waals surface area contributed by atoms with Crippen molar-refractivity contribution < 1.29 is 4.74 Å². The van der Waals surface area contributed by atoms with Crippen LogP contribution in [0.5, 0.6) is 5.75 Å². The van der Waals surface area contributed by atoms with Crippen LogP contribution in [0.3, 0.4) is 0 Å². The van der Waals surface area contributed by atoms with Crippen LogP contribution in [0.15, 0.2) is 22.9 Å². The first kappa shape index (κ1) is 10.1. The average molecular weight is 240 g/mol. The highest BCUT2D eigenvalue weighted by atomic mass is 79.9. The molecule has 0 aliphatic rings. The van der Waals surface area contributed by atoms with E-state index in [1.807, 2.05) is 19.9 Å². The standard InChI is InChI=1S/C10H10BrNO/c1-4-10(2,3)13-9-5-8(11)6-12-7-9/h1,5-7H,2-3H3. The molecule has 1 aromatic heterocycles. The van der Waals surface area contributed by atoms with Crippen molar-refractivity contribution in [2.24, 2.45) is 0 Å². The summed E-state index contributed by atoms with van der Waals surface area (Å²) in [6.45, 7) is 3.65. The second-order valence-corrected chi connectivity index (χ2v) is 4.01. The van der Waals surface area contributed by atoms with Crippen LogP contribution in [0.1, 0.15) is 13.8 Å². The molecule has 0 aromatic carbocycles. The Morgan fingerprint density at radius 3 is 2.77 bits per heavy atom. The molecule has 3 heteroatoms. The number of hydrogen-bond acceptors (Lipinski definition) is 2. The third-order valence-corrected chi connectivity index (χ3v) is 1.83. The zero-order valence-electron chi connectivity index (χ0n) is 7.54. The minimum absolute atomic E-state index is 0.595. The van der Waals surface area contributed by atoms with Crippen molar-refractivity contribution in [1.29, 1.82) is 0 Å². The quantitative estimate of drug-likeness (QED) is 0.741. The summed E-state index contributed by atoms with van der Waals surface area (Å²) in [6, 6.07) is 1.83. The van der Waals surface area contributed by atoms with Gasteiger partial charge in [0.1, 0.15) is 5.75 Å². The first-order valence-corrected chi connectivity index (χ1v) is 4.60. The number of halogens is 1. The smallest absolute Gasteiger partial charge is 0.163 e. The summed E-state index contributed by atoms with van der Waals surface area (Å²) in [6.07, 6.45) is 8.60. The number of hydrogen-bond donors (Lipinski definition) is 0. The SMILES string of the molecule is C#CC(C)(C)Oc1cncc(Br)c1. The molecular weight excluding hydrogens is 230 g/mol. The van der Waals surface area contributed by atoms with E-state index in [1.54, 1.807) is 12.4 Å². The maximum atomic E-state index is 5.50. The van der Waals surface area contributed by atoms with E-state index in [1.165, 1.54) is 0 Å². The van der Waals surface area contributed by atoms with Crippen LogP contribution < -0.4 is 4.74 Å². The highest BCUT2D eigenvalue weighted by Gasteiger charge is 2.15. The summed E-state index contributed by atoms with van der Waals surface area (Å²) in [7, 11) is 0. The Hall–Kier alpha value is -1.01. The second-order valence-electron chi connectivity index (χ2n) is 3.10. The second kappa shape index (κ2) is 3.80. The molecule has 0 spiro atoms. The van der Waals surface area contributed by atoms with Crippen molar-refractivity contribution in [3.05, 3.63) is 22.9 Å². The van der Waals surface area contributed by atoms with Gasteiger partial charge in [-0.3, -0.25) is 4.98 Å². The molecule has 0 aliphatic heterocycles. The minimum atomic E-state index is -0.595. The zero-order chi connectivity index (χ0) is 9.90. The number of aromatic nitrogens is 1. The molecule has 0 saturated carbocycles. The lowest BCUT2D eigenvalue weighted by Crippen LogP contribution is -2.25. The van der Waals surface area contributed by atoms with Gasteiger partial charge in [-0.05, 0) is 35.8 Å². The van der Waals surface area contributed by atoms with Gasteiger partial charge >= 0.3 is 0 Å². The topological polar surface area (TPSA) is 22.1 Å². The third-order valence-electron chi connectivity index (χ3n) is 1.40. The van der Waals surface area contributed by atoms with Crippen molar-refractivity contribution in [3.63, 3.8) is 0 Å². The summed E-state index contributed by atoms with van der Waals surface area (Å²) in [5.74, 6) is 3.21. The van der Waals surface area contributed by atoms with Gasteiger partial charge in [0, 0.05) is 10.7 Å². The predicted octanol–water partition coefficient (Wildman–Crippen LogP) is 2.63. The molecule has 1 rings (SSSR count). The van der Waals surface area contributed by atoms with E-state index < -0.39 is 5.60 Å². The largest absolute Gasteiger partial charge is 0.474 e. The van der Waals surface area contributed by atoms with Crippen LogP contribution in [0.2, 0.25) is 0 Å². The fraction of sp³-hybridized carbons (Fsp3) is 0.300. The maximum Gasteiger partial charge on any atom is 0.163 e. The van der Waals surface area contributed by atoms with Crippen LogP contribution in [0, 0.1) is 12.3 Å². The van der Waals surface area contributed by atoms with Crippen molar-refractivity contribution >= 4 is 15.9 Å². The number of rotatable bonds is 2. The van der Waals surface area contributed by atoms with E-state index in [-0.39, 0.29) is 0 Å². The lowest BCUT2D eigenvalue weighted by molar-refractivity contribution is 0.172. The molecular formula is C10H10BrNO. The fourth-order valence-corrected chi connectivity index (χ4v) is 1.12. The summed E-state index contributed by atoms with van der Waals surface area (Å²) in [5.41, 5.74) is -0.595. The van der Waals surface area contributed by atoms with Crippen molar-refractivity contribution in [2.45, 2.75) is 19.4 Å². The maximum absolute atomic E-state index is 5.50. The summed E-state index contributed by atoms with van der Waals surface area (Å²) in [4.78, 5) is 3.96. The highest BCUT2D eigenvalue weighted by Crippen LogP contribution is 2.20. The molecule has 0 bridgehead atoms. The van der Waals surface area contributed by atoms with Crippen LogP contribution in [-0.2, 0) is 0 Å². The Balaban J connectivity index is 2.82. The molecule has 1 heterocycles. The summed E-state index contributed by atoms with van der Waals surface area (Å²) in [5, 5.41) is 0. The van der Waals surface area contributed by atoms with Gasteiger partial charge in [0.2, 0.25) is 0 Å². The fourth-order valence-electron chi connectivity index (χ4n) is 0.772. The lowest BCUT2D eigenvalue weighted by Gasteiger charge is -2.19. The highest BCUT2D eigenvalue weighted by molar-refractivity contribution is 9.10. The lowest BCUT2D eigenvalue weighted by atomic mass is 10.1. The molecule has 0 N–H and O–H groups in total. The Labute approximate surface area is 86.5 Å². The van der Waals surface area contributed by atoms with E-state index in [9.17, 15) is 0 Å². The molecule has 13 heavy (non-hydrogen) atoms. The van der Waals surface area contributed by atoms with Crippen LogP contribution in [0.4, 0.5) is 0 Å². The molecule has 2 nitrogen and oxygen atoms in total. The molecule has 0 saturated heterocycles. The zero-order valence-corrected chi connectivity index (χ0v) is 9.13.